The molecule has 0 saturated heterocycles. The van der Waals surface area contributed by atoms with Crippen LogP contribution in [-0.2, 0) is 9.59 Å². The summed E-state index contributed by atoms with van der Waals surface area (Å²) in [5, 5.41) is 13.8. The van der Waals surface area contributed by atoms with Gasteiger partial charge < -0.3 is 20.1 Å². The number of benzene rings is 2. The van der Waals surface area contributed by atoms with Gasteiger partial charge in [0.05, 0.1) is 12.5 Å². The Morgan fingerprint density at radius 2 is 1.90 bits per heavy atom. The third-order valence-electron chi connectivity index (χ3n) is 4.83. The van der Waals surface area contributed by atoms with Gasteiger partial charge in [0.1, 0.15) is 5.75 Å². The molecule has 2 aromatic rings. The van der Waals surface area contributed by atoms with Gasteiger partial charge >= 0.3 is 5.97 Å². The highest BCUT2D eigenvalue weighted by Crippen LogP contribution is 2.26. The van der Waals surface area contributed by atoms with Crippen LogP contribution in [0.1, 0.15) is 25.7 Å². The van der Waals surface area contributed by atoms with E-state index in [1.165, 1.54) is 0 Å². The van der Waals surface area contributed by atoms with Crippen LogP contribution in [0.2, 0.25) is 0 Å². The molecular formula is C24H32N2O4. The fourth-order valence-electron chi connectivity index (χ4n) is 3.22. The van der Waals surface area contributed by atoms with Crippen molar-refractivity contribution >= 4 is 22.6 Å². The van der Waals surface area contributed by atoms with Gasteiger partial charge in [0.15, 0.2) is 0 Å². The van der Waals surface area contributed by atoms with E-state index in [9.17, 15) is 9.59 Å². The third-order valence-corrected chi connectivity index (χ3v) is 4.83. The van der Waals surface area contributed by atoms with Gasteiger partial charge in [0.25, 0.3) is 0 Å². The van der Waals surface area contributed by atoms with Crippen molar-refractivity contribution in [1.82, 2.24) is 10.2 Å². The van der Waals surface area contributed by atoms with Crippen molar-refractivity contribution in [3.05, 3.63) is 54.6 Å². The van der Waals surface area contributed by atoms with E-state index in [0.29, 0.717) is 19.4 Å². The van der Waals surface area contributed by atoms with E-state index in [1.807, 2.05) is 56.6 Å². The van der Waals surface area contributed by atoms with Crippen molar-refractivity contribution < 1.29 is 19.4 Å². The fraction of sp³-hybridized carbons (Fsp3) is 0.417. The van der Waals surface area contributed by atoms with Crippen LogP contribution in [0.25, 0.3) is 10.8 Å². The van der Waals surface area contributed by atoms with Gasteiger partial charge in [0.2, 0.25) is 5.91 Å². The van der Waals surface area contributed by atoms with Crippen molar-refractivity contribution in [3.63, 3.8) is 0 Å². The first-order valence-electron chi connectivity index (χ1n) is 10.4. The number of ether oxygens (including phenoxy) is 1. The highest BCUT2D eigenvalue weighted by atomic mass is 16.5. The van der Waals surface area contributed by atoms with Crippen molar-refractivity contribution in [1.29, 1.82) is 0 Å². The average molecular weight is 413 g/mol. The van der Waals surface area contributed by atoms with Gasteiger partial charge in [-0.15, -0.1) is 0 Å². The molecule has 0 aliphatic carbocycles. The molecule has 2 N–H and O–H groups in total. The summed E-state index contributed by atoms with van der Waals surface area (Å²) >= 11 is 0. The largest absolute Gasteiger partial charge is 0.492 e. The van der Waals surface area contributed by atoms with Crippen molar-refractivity contribution in [2.24, 2.45) is 5.92 Å². The maximum atomic E-state index is 12.7. The van der Waals surface area contributed by atoms with Gasteiger partial charge in [-0.25, -0.2) is 4.79 Å². The molecule has 1 amide bonds. The number of allylic oxidation sites excluding steroid dienone is 1. The second-order valence-electron chi connectivity index (χ2n) is 7.60. The molecule has 0 aromatic heterocycles. The summed E-state index contributed by atoms with van der Waals surface area (Å²) in [7, 11) is 4.01. The Hall–Kier alpha value is -2.86. The Bertz CT molecular complexity index is 843. The Morgan fingerprint density at radius 3 is 2.67 bits per heavy atom. The Balaban J connectivity index is 1.96. The lowest BCUT2D eigenvalue weighted by molar-refractivity contribution is -0.131. The monoisotopic (exact) mass is 412 g/mol. The quantitative estimate of drug-likeness (QED) is 0.387. The second-order valence-corrected chi connectivity index (χ2v) is 7.60. The number of amides is 1. The highest BCUT2D eigenvalue weighted by molar-refractivity contribution is 5.88. The molecule has 6 nitrogen and oxygen atoms in total. The van der Waals surface area contributed by atoms with Gasteiger partial charge in [-0.05, 0) is 57.8 Å². The summed E-state index contributed by atoms with van der Waals surface area (Å²) in [6.45, 7) is 1.83. The lowest BCUT2D eigenvalue weighted by Gasteiger charge is -2.18. The number of carboxylic acid groups (broad SMARTS) is 1. The average Bonchev–Trinajstić information content (AvgIpc) is 2.72. The number of fused-ring (bicyclic) bond motifs is 1. The number of hydrogen-bond acceptors (Lipinski definition) is 4. The summed E-state index contributed by atoms with van der Waals surface area (Å²) < 4.78 is 6.06. The van der Waals surface area contributed by atoms with Crippen molar-refractivity contribution in [2.75, 3.05) is 33.8 Å². The smallest absolute Gasteiger partial charge is 0.327 e. The molecule has 0 bridgehead atoms. The number of nitrogens with one attached hydrogen (secondary N) is 1. The summed E-state index contributed by atoms with van der Waals surface area (Å²) in [6.07, 6.45) is 5.62. The predicted molar refractivity (Wildman–Crippen MR) is 120 cm³/mol. The number of rotatable bonds is 13. The van der Waals surface area contributed by atoms with Crippen molar-refractivity contribution in [3.8, 4) is 5.75 Å². The minimum absolute atomic E-state index is 0.0174. The Kier molecular flexibility index (Phi) is 9.87. The van der Waals surface area contributed by atoms with E-state index in [1.54, 1.807) is 6.08 Å². The molecule has 0 aliphatic heterocycles. The van der Waals surface area contributed by atoms with E-state index >= 15 is 0 Å². The van der Waals surface area contributed by atoms with Crippen LogP contribution in [0.5, 0.6) is 5.75 Å². The van der Waals surface area contributed by atoms with E-state index in [2.05, 4.69) is 10.2 Å². The minimum Gasteiger partial charge on any atom is -0.492 e. The van der Waals surface area contributed by atoms with E-state index in [4.69, 9.17) is 9.84 Å². The number of carbonyl (C=O) groups is 2. The molecule has 1 atom stereocenters. The summed E-state index contributed by atoms with van der Waals surface area (Å²) in [4.78, 5) is 25.4. The number of unbranched alkanes of at least 4 members (excludes halogenated alkanes) is 1. The topological polar surface area (TPSA) is 78.9 Å². The van der Waals surface area contributed by atoms with E-state index < -0.39 is 5.97 Å². The van der Waals surface area contributed by atoms with Crippen LogP contribution < -0.4 is 10.1 Å². The predicted octanol–water partition coefficient (Wildman–Crippen LogP) is 3.71. The lowest BCUT2D eigenvalue weighted by Crippen LogP contribution is -2.35. The molecule has 0 saturated carbocycles. The van der Waals surface area contributed by atoms with Crippen LogP contribution in [0, 0.1) is 5.92 Å². The summed E-state index contributed by atoms with van der Waals surface area (Å²) in [6, 6.07) is 13.9. The van der Waals surface area contributed by atoms with Gasteiger partial charge in [-0.1, -0.05) is 42.5 Å². The van der Waals surface area contributed by atoms with Crippen LogP contribution >= 0.6 is 0 Å². The SMILES string of the molecule is CN(C)CCCNC(=O)C(CCC/C=C/C(=O)O)COc1cccc2ccccc12. The number of aliphatic carboxylic acids is 1. The lowest BCUT2D eigenvalue weighted by atomic mass is 10.0. The van der Waals surface area contributed by atoms with Crippen LogP contribution in [-0.4, -0.2) is 55.7 Å². The molecule has 0 radical (unpaired) electrons. The zero-order valence-electron chi connectivity index (χ0n) is 17.8. The van der Waals surface area contributed by atoms with E-state index in [0.717, 1.165) is 42.0 Å². The third kappa shape index (κ3) is 8.25. The molecule has 0 heterocycles. The number of carboxylic acids is 1. The Labute approximate surface area is 178 Å². The molecular weight excluding hydrogens is 380 g/mol. The number of nitrogens with zero attached hydrogens (tertiary/aromatic N) is 1. The maximum Gasteiger partial charge on any atom is 0.327 e. The molecule has 2 aromatic carbocycles. The second kappa shape index (κ2) is 12.6. The van der Waals surface area contributed by atoms with Crippen LogP contribution in [0.4, 0.5) is 0 Å². The normalized spacial score (nSPS) is 12.4. The standard InChI is InChI=1S/C24H32N2O4/c1-26(2)17-9-16-25-24(29)20(11-4-3-5-15-23(27)28)18-30-22-14-8-12-19-10-6-7-13-21(19)22/h5-8,10,12-15,20H,3-4,9,11,16-18H2,1-2H3,(H,25,29)(H,27,28)/b15-5+. The molecule has 6 heteroatoms. The summed E-state index contributed by atoms with van der Waals surface area (Å²) in [5.74, 6) is -0.494. The summed E-state index contributed by atoms with van der Waals surface area (Å²) in [5.41, 5.74) is 0. The number of hydrogen-bond donors (Lipinski definition) is 2. The van der Waals surface area contributed by atoms with E-state index in [-0.39, 0.29) is 18.4 Å². The first-order chi connectivity index (χ1) is 14.5. The fourth-order valence-corrected chi connectivity index (χ4v) is 3.22. The van der Waals surface area contributed by atoms with Gasteiger partial charge in [-0.3, -0.25) is 4.79 Å². The van der Waals surface area contributed by atoms with Crippen molar-refractivity contribution in [2.45, 2.75) is 25.7 Å². The Morgan fingerprint density at radius 1 is 1.13 bits per heavy atom. The van der Waals surface area contributed by atoms with Gasteiger partial charge in [0, 0.05) is 18.0 Å². The molecule has 2 rings (SSSR count). The highest BCUT2D eigenvalue weighted by Gasteiger charge is 2.19. The molecule has 30 heavy (non-hydrogen) atoms. The molecule has 0 aliphatic rings. The zero-order chi connectivity index (χ0) is 21.8. The molecule has 1 unspecified atom stereocenters. The molecule has 0 fully saturated rings. The van der Waals surface area contributed by atoms with Gasteiger partial charge in [-0.2, -0.15) is 0 Å². The first kappa shape index (κ1) is 23.4. The maximum absolute atomic E-state index is 12.7. The number of carbonyl (C=O) groups excluding carboxylic acids is 1. The zero-order valence-corrected chi connectivity index (χ0v) is 17.8. The molecule has 0 spiro atoms. The first-order valence-corrected chi connectivity index (χ1v) is 10.4. The minimum atomic E-state index is -0.954. The molecule has 162 valence electrons. The van der Waals surface area contributed by atoms with Crippen LogP contribution in [0.3, 0.4) is 0 Å². The van der Waals surface area contributed by atoms with Crippen LogP contribution in [0.15, 0.2) is 54.6 Å².